The molecule has 136 heavy (non-hydrogen) atoms. The van der Waals surface area contributed by atoms with Gasteiger partial charge in [-0.25, -0.2) is 33.7 Å². The van der Waals surface area contributed by atoms with Crippen LogP contribution in [0.1, 0.15) is 38.7 Å². The van der Waals surface area contributed by atoms with Crippen LogP contribution in [0, 0.1) is 6.92 Å². The molecular weight excluding hydrogens is 1890 g/mol. The predicted molar refractivity (Wildman–Crippen MR) is 554 cm³/mol. The summed E-state index contributed by atoms with van der Waals surface area (Å²) < 4.78 is 121. The minimum Gasteiger partial charge on any atom is -0.748 e. The molecule has 36 heteroatoms. The molecule has 17 rings (SSSR count). The molecule has 5 aliphatic heterocycles. The maximum Gasteiger partial charge on any atom is 0.132 e. The van der Waals surface area contributed by atoms with Gasteiger partial charge in [0.15, 0.2) is 0 Å². The molecule has 0 bridgehead atoms. The molecular formula is C100H133N15O12S9+6. The summed E-state index contributed by atoms with van der Waals surface area (Å²) in [6, 6.07) is 79.4. The summed E-state index contributed by atoms with van der Waals surface area (Å²) in [5.74, 6) is -0.462. The summed E-state index contributed by atoms with van der Waals surface area (Å²) in [6.45, 7) is 5.31. The third-order valence-corrected chi connectivity index (χ3v) is 30.6. The van der Waals surface area contributed by atoms with Gasteiger partial charge in [-0.05, 0) is 105 Å². The fourth-order valence-electron chi connectivity index (χ4n) is 13.4. The number of aryl methyl sites for hydroxylation is 1. The summed E-state index contributed by atoms with van der Waals surface area (Å²) in [5.41, 5.74) is 26.1. The van der Waals surface area contributed by atoms with Crippen LogP contribution in [-0.4, -0.2) is 204 Å². The molecule has 0 fully saturated rings. The molecule has 15 N–H and O–H groups in total. The average Bonchev–Trinajstić information content (AvgIpc) is 0.803. The molecule has 728 valence electrons. The summed E-state index contributed by atoms with van der Waals surface area (Å²) in [5, 5.41) is 17.7. The van der Waals surface area contributed by atoms with Crippen molar-refractivity contribution in [2.75, 3.05) is 179 Å². The van der Waals surface area contributed by atoms with Crippen LogP contribution in [0.15, 0.2) is 295 Å². The Hall–Kier alpha value is -9.37. The number of unbranched alkanes of at least 4 members (excludes halogenated alkanes) is 1. The molecule has 0 aromatic heterocycles. The first-order chi connectivity index (χ1) is 63.9. The van der Waals surface area contributed by atoms with Gasteiger partial charge in [-0.3, -0.25) is 0 Å². The van der Waals surface area contributed by atoms with E-state index < -0.39 is 40.5 Å². The minimum atomic E-state index is -4.27. The third-order valence-electron chi connectivity index (χ3n) is 21.6. The van der Waals surface area contributed by atoms with Gasteiger partial charge in [-0.2, -0.15) is 0 Å². The molecule has 12 aromatic rings. The second-order valence-corrected chi connectivity index (χ2v) is 46.4. The number of rotatable bonds is 17. The Labute approximate surface area is 827 Å². The van der Waals surface area contributed by atoms with E-state index in [1.165, 1.54) is 248 Å². The Morgan fingerprint density at radius 3 is 0.515 bits per heavy atom. The Bertz CT molecular complexity index is 5630. The van der Waals surface area contributed by atoms with E-state index in [0.717, 1.165) is 12.0 Å². The predicted octanol–water partition coefficient (Wildman–Crippen LogP) is 9.00. The minimum absolute atomic E-state index is 0.178. The van der Waals surface area contributed by atoms with E-state index in [1.807, 2.05) is 72.7 Å². The Morgan fingerprint density at radius 1 is 0.228 bits per heavy atom. The second-order valence-electron chi connectivity index (χ2n) is 35.2. The summed E-state index contributed by atoms with van der Waals surface area (Å²) in [4.78, 5) is 26.2. The van der Waals surface area contributed by atoms with Gasteiger partial charge in [-0.15, -0.1) is 0 Å². The van der Waals surface area contributed by atoms with E-state index in [0.29, 0.717) is 12.8 Å². The van der Waals surface area contributed by atoms with Gasteiger partial charge in [0.1, 0.15) is 77.1 Å². The monoisotopic (exact) mass is 2020 g/mol. The Kier molecular flexibility index (Phi) is 40.5. The van der Waals surface area contributed by atoms with Gasteiger partial charge in [-0.1, -0.05) is 115 Å². The van der Waals surface area contributed by atoms with Gasteiger partial charge in [0.05, 0.1) is 228 Å². The first-order valence-corrected chi connectivity index (χ1v) is 54.6. The number of nitrogens with one attached hydrogen (secondary N) is 15. The highest BCUT2D eigenvalue weighted by Gasteiger charge is 2.26. The lowest BCUT2D eigenvalue weighted by atomic mass is 10.2. The molecule has 5 aliphatic rings. The lowest BCUT2D eigenvalue weighted by molar-refractivity contribution is -0.786. The summed E-state index contributed by atoms with van der Waals surface area (Å²) >= 11 is 9.28. The van der Waals surface area contributed by atoms with E-state index >= 15 is 0 Å². The van der Waals surface area contributed by atoms with Gasteiger partial charge in [0, 0.05) is 182 Å². The van der Waals surface area contributed by atoms with Crippen molar-refractivity contribution in [2.24, 2.45) is 0 Å². The number of benzene rings is 12. The third kappa shape index (κ3) is 33.2. The van der Waals surface area contributed by atoms with Crippen molar-refractivity contribution in [3.63, 3.8) is 0 Å². The number of hydrogen-bond donors (Lipinski definition) is 15. The Balaban J connectivity index is 0.000000175. The molecule has 0 unspecified atom stereocenters. The van der Waals surface area contributed by atoms with Gasteiger partial charge < -0.3 is 93.8 Å². The van der Waals surface area contributed by atoms with Gasteiger partial charge in [0.2, 0.25) is 0 Å². The van der Waals surface area contributed by atoms with E-state index in [9.17, 15) is 51.9 Å². The fourth-order valence-corrected chi connectivity index (χ4v) is 20.8. The molecule has 0 radical (unpaired) electrons. The van der Waals surface area contributed by atoms with Crippen molar-refractivity contribution in [1.82, 2.24) is 0 Å². The molecule has 0 spiro atoms. The number of quaternary nitrogens is 10. The molecule has 12 aromatic carbocycles. The first-order valence-electron chi connectivity index (χ1n) is 44.6. The highest BCUT2D eigenvalue weighted by Crippen LogP contribution is 2.50. The maximum atomic E-state index is 10.4. The van der Waals surface area contributed by atoms with Gasteiger partial charge >= 0.3 is 0 Å². The second kappa shape index (κ2) is 50.0. The van der Waals surface area contributed by atoms with Crippen LogP contribution in [0.2, 0.25) is 0 Å². The first kappa shape index (κ1) is 110. The largest absolute Gasteiger partial charge is 0.748 e. The molecule has 0 aliphatic carbocycles. The average molecular weight is 2030 g/mol. The molecule has 0 saturated heterocycles. The number of anilines is 10. The van der Waals surface area contributed by atoms with Crippen molar-refractivity contribution in [1.29, 1.82) is 0 Å². The topological polar surface area (TPSA) is 333 Å². The molecule has 0 saturated carbocycles. The van der Waals surface area contributed by atoms with Crippen molar-refractivity contribution < 1.29 is 101 Å². The molecule has 27 nitrogen and oxygen atoms in total. The fraction of sp³-hybridized carbons (Fsp3) is 0.280. The van der Waals surface area contributed by atoms with Crippen LogP contribution in [0.25, 0.3) is 0 Å². The van der Waals surface area contributed by atoms with E-state index in [1.54, 1.807) is 25.1 Å². The number of fused-ring (bicyclic) bond motifs is 10. The van der Waals surface area contributed by atoms with Crippen molar-refractivity contribution >= 4 is 213 Å². The normalized spacial score (nSPS) is 12.7. The van der Waals surface area contributed by atoms with E-state index in [2.05, 4.69) is 350 Å². The zero-order valence-corrected chi connectivity index (χ0v) is 89.0. The number of hydrogen-bond acceptors (Lipinski definition) is 22. The van der Waals surface area contributed by atoms with Crippen LogP contribution in [0.4, 0.5) is 114 Å². The van der Waals surface area contributed by atoms with Crippen LogP contribution in [-0.2, 0) is 40.5 Å². The van der Waals surface area contributed by atoms with Crippen molar-refractivity contribution in [3.05, 3.63) is 242 Å². The van der Waals surface area contributed by atoms with Crippen LogP contribution in [0.5, 0.6) is 0 Å². The van der Waals surface area contributed by atoms with Crippen LogP contribution >= 0.6 is 58.8 Å². The summed E-state index contributed by atoms with van der Waals surface area (Å²) in [6.07, 6.45) is 1.64. The van der Waals surface area contributed by atoms with Crippen molar-refractivity contribution in [2.45, 2.75) is 98.8 Å². The maximum absolute atomic E-state index is 10.4. The quantitative estimate of drug-likeness (QED) is 0.0378. The lowest BCUT2D eigenvalue weighted by Gasteiger charge is -2.22. The lowest BCUT2D eigenvalue weighted by Crippen LogP contribution is -3.00. The molecule has 0 amide bonds. The SMILES string of the molecule is CCCCS(=O)(=O)[O-].CCCS(=O)(=O)[O-].C[NH+](C)c1ccc2c(c1)Sc1cc([NH+](C)C)ccc1N2.C[NH+](C)c1ccc2c(c1)Sc1cc([NH+](C)C)ccc1N2.C[NH+](C)c1ccc2c(c1)Sc1cc([NH+](C)C)ccc1N2.C[NH+](C)c1ccc2c(c1)Sc1cc([NH+](C)C)ccc1N2.C[NH+](C)c1ccc2c(c1)Sc1cc([NH+](C)C)ccc1N2.Cc1ccc(S(=O)(=O)[O-])cc1.O=S(=O)([O-])c1ccccc1. The molecule has 0 atom stereocenters. The van der Waals surface area contributed by atoms with Crippen LogP contribution in [0.3, 0.4) is 0 Å². The zero-order chi connectivity index (χ0) is 100. The van der Waals surface area contributed by atoms with Crippen LogP contribution < -0.4 is 75.6 Å². The summed E-state index contributed by atoms with van der Waals surface area (Å²) in [7, 11) is 26.8. The van der Waals surface area contributed by atoms with E-state index in [-0.39, 0.29) is 21.3 Å². The van der Waals surface area contributed by atoms with Gasteiger partial charge in [0.25, 0.3) is 0 Å². The highest BCUT2D eigenvalue weighted by atomic mass is 32.2. The smallest absolute Gasteiger partial charge is 0.132 e. The van der Waals surface area contributed by atoms with E-state index in [4.69, 9.17) is 0 Å². The highest BCUT2D eigenvalue weighted by molar-refractivity contribution is 8.01. The molecule has 5 heterocycles. The Morgan fingerprint density at radius 2 is 0.397 bits per heavy atom. The zero-order valence-electron chi connectivity index (χ0n) is 81.6. The van der Waals surface area contributed by atoms with Crippen molar-refractivity contribution in [3.8, 4) is 0 Å². The standard InChI is InChI=1S/5C16H19N3S.C7H8O3S.C6H6O3S.C4H10O3S.C3H8O3S/c5*1-18(2)11-5-7-13-15(9-11)20-16-10-12(19(3)4)6-8-14(16)17-13;1-6-2-4-7(5-3-6)11(8,9)10;7-10(8,9)6-4-2-1-3-5-6;1-2-3-4-8(5,6)7;1-2-3-7(4,5)6/h5*5-10,17H,1-4H3;2-5H,1H3,(H,8,9,10);1-5H,(H,7,8,9);2-4H2,1H3,(H,5,6,7);2-3H2,1H3,(H,4,5,6)/p+6.